The van der Waals surface area contributed by atoms with Gasteiger partial charge in [-0.05, 0) is 26.2 Å². The van der Waals surface area contributed by atoms with Crippen LogP contribution >= 0.6 is 0 Å². The van der Waals surface area contributed by atoms with Gasteiger partial charge >= 0.3 is 5.97 Å². The molecule has 0 saturated carbocycles. The largest absolute Gasteiger partial charge is 0.469 e. The molecule has 1 rings (SSSR count). The highest BCUT2D eigenvalue weighted by molar-refractivity contribution is 5.80. The van der Waals surface area contributed by atoms with Gasteiger partial charge in [0.25, 0.3) is 0 Å². The summed E-state index contributed by atoms with van der Waals surface area (Å²) < 4.78 is 4.58. The highest BCUT2D eigenvalue weighted by Gasteiger charge is 2.23. The quantitative estimate of drug-likeness (QED) is 0.542. The summed E-state index contributed by atoms with van der Waals surface area (Å²) in [5.74, 6) is -0.00172. The Morgan fingerprint density at radius 1 is 1.41 bits per heavy atom. The van der Waals surface area contributed by atoms with Crippen molar-refractivity contribution in [2.45, 2.75) is 32.6 Å². The summed E-state index contributed by atoms with van der Waals surface area (Å²) in [6, 6.07) is 0. The van der Waals surface area contributed by atoms with Crippen LogP contribution in [0.4, 0.5) is 0 Å². The van der Waals surface area contributed by atoms with E-state index in [0.29, 0.717) is 13.1 Å². The van der Waals surface area contributed by atoms with Gasteiger partial charge in [-0.1, -0.05) is 12.2 Å². The van der Waals surface area contributed by atoms with Crippen LogP contribution < -0.4 is 0 Å². The summed E-state index contributed by atoms with van der Waals surface area (Å²) in [6.45, 7) is 3.05. The van der Waals surface area contributed by atoms with E-state index in [-0.39, 0.29) is 24.2 Å². The first-order valence-corrected chi connectivity index (χ1v) is 6.19. The second-order valence-corrected chi connectivity index (χ2v) is 4.23. The lowest BCUT2D eigenvalue weighted by atomic mass is 9.93. The second-order valence-electron chi connectivity index (χ2n) is 4.23. The molecule has 0 fully saturated rings. The highest BCUT2D eigenvalue weighted by atomic mass is 16.5. The number of carbonyl (C=O) groups excluding carboxylic acids is 2. The third-order valence-electron chi connectivity index (χ3n) is 3.13. The minimum Gasteiger partial charge on any atom is -0.469 e. The Kier molecular flexibility index (Phi) is 5.73. The predicted octanol–water partition coefficient (Wildman–Crippen LogP) is 1.75. The fraction of sp³-hybridized carbons (Fsp3) is 0.692. The Balaban J connectivity index is 2.45. The number of methoxy groups -OCH3 is 1. The maximum Gasteiger partial charge on any atom is 0.307 e. The van der Waals surface area contributed by atoms with E-state index in [4.69, 9.17) is 0 Å². The average Bonchev–Trinajstić information content (AvgIpc) is 2.39. The molecule has 0 saturated heterocycles. The van der Waals surface area contributed by atoms with Crippen LogP contribution in [0.5, 0.6) is 0 Å². The van der Waals surface area contributed by atoms with Gasteiger partial charge in [0.15, 0.2) is 0 Å². The summed E-state index contributed by atoms with van der Waals surface area (Å²) in [4.78, 5) is 25.0. The molecule has 17 heavy (non-hydrogen) atoms. The van der Waals surface area contributed by atoms with Gasteiger partial charge < -0.3 is 9.64 Å². The van der Waals surface area contributed by atoms with Crippen molar-refractivity contribution in [3.8, 4) is 0 Å². The van der Waals surface area contributed by atoms with Gasteiger partial charge in [0, 0.05) is 19.0 Å². The van der Waals surface area contributed by atoms with E-state index in [2.05, 4.69) is 16.9 Å². The number of allylic oxidation sites excluding steroid dienone is 2. The average molecular weight is 239 g/mol. The van der Waals surface area contributed by atoms with Crippen molar-refractivity contribution in [2.24, 2.45) is 5.92 Å². The van der Waals surface area contributed by atoms with Crippen molar-refractivity contribution in [3.05, 3.63) is 12.2 Å². The SMILES string of the molecule is CCN(CCC(=O)OC)C(=O)C1CC=CCC1. The molecule has 1 unspecified atom stereocenters. The molecule has 0 aromatic carbocycles. The molecule has 96 valence electrons. The van der Waals surface area contributed by atoms with E-state index >= 15 is 0 Å². The first-order valence-electron chi connectivity index (χ1n) is 6.19. The molecule has 0 radical (unpaired) electrons. The smallest absolute Gasteiger partial charge is 0.307 e. The Bertz CT molecular complexity index is 299. The summed E-state index contributed by atoms with van der Waals surface area (Å²) in [5, 5.41) is 0. The number of carbonyl (C=O) groups is 2. The van der Waals surface area contributed by atoms with Gasteiger partial charge in [-0.25, -0.2) is 0 Å². The maximum absolute atomic E-state index is 12.2. The molecule has 0 bridgehead atoms. The van der Waals surface area contributed by atoms with Crippen molar-refractivity contribution < 1.29 is 14.3 Å². The number of rotatable bonds is 5. The van der Waals surface area contributed by atoms with E-state index in [9.17, 15) is 9.59 Å². The van der Waals surface area contributed by atoms with Crippen molar-refractivity contribution in [2.75, 3.05) is 20.2 Å². The summed E-state index contributed by atoms with van der Waals surface area (Å²) in [5.41, 5.74) is 0. The van der Waals surface area contributed by atoms with Crippen LogP contribution in [-0.2, 0) is 14.3 Å². The molecule has 0 heterocycles. The van der Waals surface area contributed by atoms with Gasteiger partial charge in [0.05, 0.1) is 13.5 Å². The number of amides is 1. The van der Waals surface area contributed by atoms with Crippen molar-refractivity contribution in [1.29, 1.82) is 0 Å². The number of esters is 1. The molecule has 1 atom stereocenters. The third-order valence-corrected chi connectivity index (χ3v) is 3.13. The molecule has 0 aliphatic heterocycles. The molecule has 1 aliphatic carbocycles. The lowest BCUT2D eigenvalue weighted by Gasteiger charge is -2.26. The van der Waals surface area contributed by atoms with Crippen molar-refractivity contribution in [3.63, 3.8) is 0 Å². The van der Waals surface area contributed by atoms with Crippen LogP contribution in [0.25, 0.3) is 0 Å². The minimum absolute atomic E-state index is 0.0950. The summed E-state index contributed by atoms with van der Waals surface area (Å²) >= 11 is 0. The zero-order valence-electron chi connectivity index (χ0n) is 10.6. The first kappa shape index (κ1) is 13.7. The van der Waals surface area contributed by atoms with Crippen LogP contribution in [0, 0.1) is 5.92 Å². The number of ether oxygens (including phenoxy) is 1. The minimum atomic E-state index is -0.264. The summed E-state index contributed by atoms with van der Waals surface area (Å²) in [7, 11) is 1.37. The van der Waals surface area contributed by atoms with Crippen molar-refractivity contribution in [1.82, 2.24) is 4.90 Å². The zero-order valence-corrected chi connectivity index (χ0v) is 10.6. The molecular weight excluding hydrogens is 218 g/mol. The molecule has 0 aromatic rings. The Labute approximate surface area is 103 Å². The van der Waals surface area contributed by atoms with Crippen molar-refractivity contribution >= 4 is 11.9 Å². The normalized spacial score (nSPS) is 18.8. The third kappa shape index (κ3) is 4.21. The monoisotopic (exact) mass is 239 g/mol. The lowest BCUT2D eigenvalue weighted by Crippen LogP contribution is -2.37. The number of hydrogen-bond donors (Lipinski definition) is 0. The lowest BCUT2D eigenvalue weighted by molar-refractivity contribution is -0.142. The van der Waals surface area contributed by atoms with Crippen LogP contribution in [0.1, 0.15) is 32.6 Å². The summed E-state index contributed by atoms with van der Waals surface area (Å²) in [6.07, 6.45) is 7.19. The van der Waals surface area contributed by atoms with E-state index in [1.807, 2.05) is 6.92 Å². The first-order chi connectivity index (χ1) is 8.19. The second kappa shape index (κ2) is 7.09. The molecule has 0 aromatic heterocycles. The molecule has 4 heteroatoms. The Morgan fingerprint density at radius 2 is 2.18 bits per heavy atom. The van der Waals surface area contributed by atoms with Crippen LogP contribution in [-0.4, -0.2) is 37.0 Å². The zero-order chi connectivity index (χ0) is 12.7. The van der Waals surface area contributed by atoms with E-state index in [1.165, 1.54) is 7.11 Å². The molecule has 0 spiro atoms. The topological polar surface area (TPSA) is 46.6 Å². The predicted molar refractivity (Wildman–Crippen MR) is 65.4 cm³/mol. The molecule has 1 amide bonds. The van der Waals surface area contributed by atoms with Gasteiger partial charge in [-0.2, -0.15) is 0 Å². The fourth-order valence-corrected chi connectivity index (χ4v) is 2.03. The van der Waals surface area contributed by atoms with Gasteiger partial charge in [0.1, 0.15) is 0 Å². The molecule has 1 aliphatic rings. The standard InChI is InChI=1S/C13H21NO3/c1-3-14(10-9-12(15)17-2)13(16)11-7-5-4-6-8-11/h4-5,11H,3,6-10H2,1-2H3. The van der Waals surface area contributed by atoms with E-state index in [0.717, 1.165) is 19.3 Å². The van der Waals surface area contributed by atoms with Crippen LogP contribution in [0.3, 0.4) is 0 Å². The molecular formula is C13H21NO3. The van der Waals surface area contributed by atoms with E-state index < -0.39 is 0 Å². The van der Waals surface area contributed by atoms with Gasteiger partial charge in [-0.3, -0.25) is 9.59 Å². The maximum atomic E-state index is 12.2. The van der Waals surface area contributed by atoms with Crippen LogP contribution in [0.2, 0.25) is 0 Å². The number of hydrogen-bond acceptors (Lipinski definition) is 3. The van der Waals surface area contributed by atoms with Crippen LogP contribution in [0.15, 0.2) is 12.2 Å². The molecule has 4 nitrogen and oxygen atoms in total. The van der Waals surface area contributed by atoms with E-state index in [1.54, 1.807) is 4.90 Å². The fourth-order valence-electron chi connectivity index (χ4n) is 2.03. The van der Waals surface area contributed by atoms with Gasteiger partial charge in [0.2, 0.25) is 5.91 Å². The van der Waals surface area contributed by atoms with Gasteiger partial charge in [-0.15, -0.1) is 0 Å². The Hall–Kier alpha value is -1.32. The molecule has 0 N–H and O–H groups in total. The highest BCUT2D eigenvalue weighted by Crippen LogP contribution is 2.20. The Morgan fingerprint density at radius 3 is 2.71 bits per heavy atom. The number of nitrogens with zero attached hydrogens (tertiary/aromatic N) is 1.